The van der Waals surface area contributed by atoms with E-state index in [1.54, 1.807) is 0 Å². The molecule has 1 heterocycles. The number of nitrogens with zero attached hydrogens (tertiary/aromatic N) is 2. The van der Waals surface area contributed by atoms with Crippen molar-refractivity contribution in [3.05, 3.63) is 34.6 Å². The summed E-state index contributed by atoms with van der Waals surface area (Å²) >= 11 is 3.50. The van der Waals surface area contributed by atoms with Gasteiger partial charge in [-0.3, -0.25) is 0 Å². The van der Waals surface area contributed by atoms with Gasteiger partial charge >= 0.3 is 0 Å². The van der Waals surface area contributed by atoms with Gasteiger partial charge in [-0.2, -0.15) is 0 Å². The Balaban J connectivity index is 2.05. The molecular weight excluding hydrogens is 302 g/mol. The number of nitrogens with two attached hydrogens (primary N) is 1. The van der Waals surface area contributed by atoms with Gasteiger partial charge in [0.05, 0.1) is 0 Å². The molecule has 1 fully saturated rings. The smallest absolute Gasteiger partial charge is 0.131 e. The fourth-order valence-corrected chi connectivity index (χ4v) is 3.33. The lowest BCUT2D eigenvalue weighted by Gasteiger charge is -2.08. The standard InChI is InChI=1S/C15H18BrN3/c1-19-14(17)13(11-7-4-8-12(16)9-11)18-15(19)10-5-2-3-6-10/h4,7-10H,2-3,5-6,17H2,1H3. The Hall–Kier alpha value is -1.29. The molecule has 0 bridgehead atoms. The van der Waals surface area contributed by atoms with E-state index in [2.05, 4.69) is 32.6 Å². The van der Waals surface area contributed by atoms with Crippen molar-refractivity contribution in [1.82, 2.24) is 9.55 Å². The summed E-state index contributed by atoms with van der Waals surface area (Å²) in [6.07, 6.45) is 5.09. The lowest BCUT2D eigenvalue weighted by molar-refractivity contribution is 0.635. The first-order valence-electron chi connectivity index (χ1n) is 6.75. The molecule has 0 amide bonds. The maximum atomic E-state index is 6.24. The van der Waals surface area contributed by atoms with Gasteiger partial charge in [0.1, 0.15) is 17.3 Å². The fourth-order valence-electron chi connectivity index (χ4n) is 2.93. The maximum Gasteiger partial charge on any atom is 0.131 e. The number of nitrogen functional groups attached to an aromatic ring is 1. The second kappa shape index (κ2) is 5.00. The maximum absolute atomic E-state index is 6.24. The number of benzene rings is 1. The van der Waals surface area contributed by atoms with Crippen molar-refractivity contribution >= 4 is 21.7 Å². The van der Waals surface area contributed by atoms with Crippen molar-refractivity contribution in [2.45, 2.75) is 31.6 Å². The fraction of sp³-hybridized carbons (Fsp3) is 0.400. The van der Waals surface area contributed by atoms with E-state index < -0.39 is 0 Å². The second-order valence-corrected chi connectivity index (χ2v) is 6.17. The molecule has 0 aliphatic heterocycles. The van der Waals surface area contributed by atoms with Gasteiger partial charge in [0, 0.05) is 23.0 Å². The molecular formula is C15H18BrN3. The van der Waals surface area contributed by atoms with Gasteiger partial charge in [-0.15, -0.1) is 0 Å². The van der Waals surface area contributed by atoms with Gasteiger partial charge in [0.25, 0.3) is 0 Å². The van der Waals surface area contributed by atoms with Crippen LogP contribution in [0.5, 0.6) is 0 Å². The SMILES string of the molecule is Cn1c(C2CCCC2)nc(-c2cccc(Br)c2)c1N. The first-order valence-corrected chi connectivity index (χ1v) is 7.54. The molecule has 1 aliphatic carbocycles. The van der Waals surface area contributed by atoms with Gasteiger partial charge in [0.15, 0.2) is 0 Å². The van der Waals surface area contributed by atoms with Crippen molar-refractivity contribution in [1.29, 1.82) is 0 Å². The summed E-state index contributed by atoms with van der Waals surface area (Å²) in [6, 6.07) is 8.16. The second-order valence-electron chi connectivity index (χ2n) is 5.25. The highest BCUT2D eigenvalue weighted by Crippen LogP contribution is 2.37. The predicted octanol–water partition coefficient (Wildman–Crippen LogP) is 4.09. The van der Waals surface area contributed by atoms with Crippen LogP contribution < -0.4 is 5.73 Å². The third-order valence-corrected chi connectivity index (χ3v) is 4.49. The van der Waals surface area contributed by atoms with E-state index in [0.29, 0.717) is 5.92 Å². The molecule has 2 aromatic rings. The minimum absolute atomic E-state index is 0.577. The molecule has 3 rings (SSSR count). The van der Waals surface area contributed by atoms with E-state index in [0.717, 1.165) is 27.4 Å². The third kappa shape index (κ3) is 2.29. The number of hydrogen-bond donors (Lipinski definition) is 1. The summed E-state index contributed by atoms with van der Waals surface area (Å²) < 4.78 is 3.11. The average Bonchev–Trinajstić information content (AvgIpc) is 3.00. The molecule has 1 aromatic heterocycles. The van der Waals surface area contributed by atoms with Crippen LogP contribution in [-0.2, 0) is 7.05 Å². The number of halogens is 1. The van der Waals surface area contributed by atoms with Crippen molar-refractivity contribution in [3.63, 3.8) is 0 Å². The highest BCUT2D eigenvalue weighted by atomic mass is 79.9. The van der Waals surface area contributed by atoms with Crippen LogP contribution in [0.25, 0.3) is 11.3 Å². The molecule has 0 radical (unpaired) electrons. The molecule has 0 saturated heterocycles. The van der Waals surface area contributed by atoms with E-state index in [9.17, 15) is 0 Å². The molecule has 0 atom stereocenters. The van der Waals surface area contributed by atoms with Crippen LogP contribution >= 0.6 is 15.9 Å². The van der Waals surface area contributed by atoms with Gasteiger partial charge in [0.2, 0.25) is 0 Å². The van der Waals surface area contributed by atoms with Crippen LogP contribution in [-0.4, -0.2) is 9.55 Å². The molecule has 0 unspecified atom stereocenters. The molecule has 2 N–H and O–H groups in total. The highest BCUT2D eigenvalue weighted by molar-refractivity contribution is 9.10. The molecule has 4 heteroatoms. The first kappa shape index (κ1) is 12.7. The molecule has 100 valence electrons. The van der Waals surface area contributed by atoms with Crippen LogP contribution in [0.15, 0.2) is 28.7 Å². The summed E-state index contributed by atoms with van der Waals surface area (Å²) in [6.45, 7) is 0. The highest BCUT2D eigenvalue weighted by Gasteiger charge is 2.24. The topological polar surface area (TPSA) is 43.8 Å². The summed E-state index contributed by atoms with van der Waals surface area (Å²) in [4.78, 5) is 4.82. The van der Waals surface area contributed by atoms with E-state index in [1.165, 1.54) is 25.7 Å². The summed E-state index contributed by atoms with van der Waals surface area (Å²) in [5, 5.41) is 0. The average molecular weight is 320 g/mol. The van der Waals surface area contributed by atoms with Gasteiger partial charge in [-0.25, -0.2) is 4.98 Å². The zero-order valence-corrected chi connectivity index (χ0v) is 12.7. The van der Waals surface area contributed by atoms with Gasteiger partial charge < -0.3 is 10.3 Å². The lowest BCUT2D eigenvalue weighted by atomic mass is 10.1. The molecule has 19 heavy (non-hydrogen) atoms. The normalized spacial score (nSPS) is 16.1. The summed E-state index contributed by atoms with van der Waals surface area (Å²) in [5.74, 6) is 2.48. The first-order chi connectivity index (χ1) is 9.16. The Morgan fingerprint density at radius 3 is 2.74 bits per heavy atom. The Morgan fingerprint density at radius 2 is 2.05 bits per heavy atom. The van der Waals surface area contributed by atoms with Crippen molar-refractivity contribution in [2.24, 2.45) is 7.05 Å². The Labute approximate surface area is 122 Å². The number of imidazole rings is 1. The van der Waals surface area contributed by atoms with E-state index in [1.807, 2.05) is 19.2 Å². The largest absolute Gasteiger partial charge is 0.383 e. The van der Waals surface area contributed by atoms with Crippen LogP contribution in [0.3, 0.4) is 0 Å². The molecule has 1 aromatic carbocycles. The van der Waals surface area contributed by atoms with Gasteiger partial charge in [-0.05, 0) is 25.0 Å². The monoisotopic (exact) mass is 319 g/mol. The molecule has 1 aliphatic rings. The number of hydrogen-bond acceptors (Lipinski definition) is 2. The van der Waals surface area contributed by atoms with Crippen LogP contribution in [0.2, 0.25) is 0 Å². The van der Waals surface area contributed by atoms with Crippen molar-refractivity contribution in [2.75, 3.05) is 5.73 Å². The zero-order chi connectivity index (χ0) is 13.4. The van der Waals surface area contributed by atoms with E-state index in [4.69, 9.17) is 10.7 Å². The van der Waals surface area contributed by atoms with Crippen LogP contribution in [0.1, 0.15) is 37.4 Å². The predicted molar refractivity (Wildman–Crippen MR) is 82.0 cm³/mol. The molecule has 3 nitrogen and oxygen atoms in total. The number of aromatic nitrogens is 2. The van der Waals surface area contributed by atoms with E-state index in [-0.39, 0.29) is 0 Å². The minimum Gasteiger partial charge on any atom is -0.383 e. The van der Waals surface area contributed by atoms with E-state index >= 15 is 0 Å². The Kier molecular flexibility index (Phi) is 3.35. The molecule has 0 spiro atoms. The van der Waals surface area contributed by atoms with Crippen LogP contribution in [0.4, 0.5) is 5.82 Å². The third-order valence-electron chi connectivity index (χ3n) is 3.99. The Bertz CT molecular complexity index is 597. The Morgan fingerprint density at radius 1 is 1.32 bits per heavy atom. The summed E-state index contributed by atoms with van der Waals surface area (Å²) in [7, 11) is 2.03. The number of anilines is 1. The molecule has 1 saturated carbocycles. The quantitative estimate of drug-likeness (QED) is 0.906. The number of rotatable bonds is 2. The summed E-state index contributed by atoms with van der Waals surface area (Å²) in [5.41, 5.74) is 8.22. The van der Waals surface area contributed by atoms with Crippen molar-refractivity contribution in [3.8, 4) is 11.3 Å². The van der Waals surface area contributed by atoms with Gasteiger partial charge in [-0.1, -0.05) is 40.9 Å². The minimum atomic E-state index is 0.577. The van der Waals surface area contributed by atoms with Crippen LogP contribution in [0, 0.1) is 0 Å². The van der Waals surface area contributed by atoms with Crippen molar-refractivity contribution < 1.29 is 0 Å². The lowest BCUT2D eigenvalue weighted by Crippen LogP contribution is -2.05. The zero-order valence-electron chi connectivity index (χ0n) is 11.1.